The molecule has 2 aromatic rings. The number of cyclic esters (lactones) is 1. The summed E-state index contributed by atoms with van der Waals surface area (Å²) in [7, 11) is 0. The van der Waals surface area contributed by atoms with Crippen LogP contribution < -0.4 is 0 Å². The molecule has 22 heavy (non-hydrogen) atoms. The molecule has 2 aromatic carbocycles. The van der Waals surface area contributed by atoms with Crippen molar-refractivity contribution in [3.05, 3.63) is 74.6 Å². The molecule has 1 aliphatic rings. The summed E-state index contributed by atoms with van der Waals surface area (Å²) in [6.07, 6.45) is 1.62. The van der Waals surface area contributed by atoms with Gasteiger partial charge in [0.05, 0.1) is 10.5 Å². The fourth-order valence-electron chi connectivity index (χ4n) is 2.29. The predicted octanol–water partition coefficient (Wildman–Crippen LogP) is 3.71. The summed E-state index contributed by atoms with van der Waals surface area (Å²) in [6, 6.07) is 8.24. The van der Waals surface area contributed by atoms with Gasteiger partial charge in [0.2, 0.25) is 0 Å². The van der Waals surface area contributed by atoms with E-state index in [-0.39, 0.29) is 17.1 Å². The number of carbonyl (C=O) groups is 1. The second-order valence-corrected chi connectivity index (χ2v) is 4.89. The van der Waals surface area contributed by atoms with Gasteiger partial charge < -0.3 is 4.74 Å². The van der Waals surface area contributed by atoms with E-state index in [1.165, 1.54) is 30.3 Å². The van der Waals surface area contributed by atoms with E-state index in [4.69, 9.17) is 4.74 Å². The summed E-state index contributed by atoms with van der Waals surface area (Å²) in [5, 5.41) is 10.8. The lowest BCUT2D eigenvalue weighted by Gasteiger charge is -2.03. The molecule has 0 bridgehead atoms. The summed E-state index contributed by atoms with van der Waals surface area (Å²) < 4.78 is 18.3. The summed E-state index contributed by atoms with van der Waals surface area (Å²) >= 11 is 0. The van der Waals surface area contributed by atoms with Gasteiger partial charge in [0.15, 0.2) is 0 Å². The van der Waals surface area contributed by atoms with Gasteiger partial charge in [-0.3, -0.25) is 10.1 Å². The van der Waals surface area contributed by atoms with Crippen LogP contribution in [0.3, 0.4) is 0 Å². The molecule has 1 heterocycles. The van der Waals surface area contributed by atoms with Crippen LogP contribution in [-0.4, -0.2) is 10.9 Å². The van der Waals surface area contributed by atoms with E-state index >= 15 is 0 Å². The number of nitro benzene ring substituents is 1. The third kappa shape index (κ3) is 2.35. The highest BCUT2D eigenvalue weighted by molar-refractivity contribution is 6.06. The normalized spacial score (nSPS) is 14.8. The fourth-order valence-corrected chi connectivity index (χ4v) is 2.29. The second kappa shape index (κ2) is 5.07. The highest BCUT2D eigenvalue weighted by Gasteiger charge is 2.28. The number of benzene rings is 2. The first-order chi connectivity index (χ1) is 10.5. The highest BCUT2D eigenvalue weighted by atomic mass is 19.1. The maximum atomic E-state index is 13.1. The van der Waals surface area contributed by atoms with Gasteiger partial charge in [-0.25, -0.2) is 9.18 Å². The average Bonchev–Trinajstić information content (AvgIpc) is 2.78. The number of aryl methyl sites for hydroxylation is 1. The minimum absolute atomic E-state index is 0.153. The van der Waals surface area contributed by atoms with Crippen molar-refractivity contribution in [1.82, 2.24) is 0 Å². The first-order valence-electron chi connectivity index (χ1n) is 6.44. The van der Waals surface area contributed by atoms with Crippen molar-refractivity contribution in [2.75, 3.05) is 0 Å². The van der Waals surface area contributed by atoms with Crippen LogP contribution >= 0.6 is 0 Å². The number of hydrogen-bond donors (Lipinski definition) is 0. The Balaban J connectivity index is 2.07. The molecule has 0 atom stereocenters. The smallest absolute Gasteiger partial charge is 0.344 e. The van der Waals surface area contributed by atoms with Crippen molar-refractivity contribution in [3.63, 3.8) is 0 Å². The molecule has 0 aliphatic carbocycles. The number of esters is 1. The number of fused-ring (bicyclic) bond motifs is 1. The molecule has 0 amide bonds. The van der Waals surface area contributed by atoms with Crippen molar-refractivity contribution in [3.8, 4) is 0 Å². The van der Waals surface area contributed by atoms with E-state index in [1.807, 2.05) is 0 Å². The van der Waals surface area contributed by atoms with Crippen molar-refractivity contribution in [2.24, 2.45) is 0 Å². The minimum Gasteiger partial charge on any atom is -0.422 e. The zero-order valence-corrected chi connectivity index (χ0v) is 11.5. The quantitative estimate of drug-likeness (QED) is 0.481. The Morgan fingerprint density at radius 1 is 1.18 bits per heavy atom. The van der Waals surface area contributed by atoms with Crippen molar-refractivity contribution in [2.45, 2.75) is 6.92 Å². The summed E-state index contributed by atoms with van der Waals surface area (Å²) in [5.74, 6) is -0.687. The molecule has 110 valence electrons. The van der Waals surface area contributed by atoms with Crippen molar-refractivity contribution in [1.29, 1.82) is 0 Å². The van der Waals surface area contributed by atoms with E-state index < -0.39 is 10.9 Å². The SMILES string of the molecule is Cc1cc(F)ccc1C=C1OC(=O)c2cc([N+](=O)[O-])ccc21. The molecule has 0 spiro atoms. The lowest BCUT2D eigenvalue weighted by Crippen LogP contribution is -1.95. The molecule has 3 rings (SSSR count). The molecule has 0 saturated heterocycles. The molecule has 0 fully saturated rings. The Labute approximate surface area is 124 Å². The summed E-state index contributed by atoms with van der Waals surface area (Å²) in [4.78, 5) is 22.0. The van der Waals surface area contributed by atoms with Crippen LogP contribution in [0.15, 0.2) is 36.4 Å². The van der Waals surface area contributed by atoms with Gasteiger partial charge in [-0.2, -0.15) is 0 Å². The standard InChI is InChI=1S/C16H10FNO4/c1-9-6-11(17)3-2-10(9)7-15-13-5-4-12(18(20)21)8-14(13)16(19)22-15/h2-8H,1H3. The number of non-ortho nitro benzene ring substituents is 1. The number of nitrogens with zero attached hydrogens (tertiary/aromatic N) is 1. The Morgan fingerprint density at radius 2 is 1.95 bits per heavy atom. The van der Waals surface area contributed by atoms with Crippen LogP contribution in [0.1, 0.15) is 27.0 Å². The molecule has 0 N–H and O–H groups in total. The van der Waals surface area contributed by atoms with E-state index in [1.54, 1.807) is 19.1 Å². The van der Waals surface area contributed by atoms with E-state index in [0.717, 1.165) is 0 Å². The molecule has 6 heteroatoms. The van der Waals surface area contributed by atoms with Crippen molar-refractivity contribution < 1.29 is 18.8 Å². The minimum atomic E-state index is -0.635. The fraction of sp³-hybridized carbons (Fsp3) is 0.0625. The van der Waals surface area contributed by atoms with Crippen LogP contribution in [-0.2, 0) is 4.74 Å². The van der Waals surface area contributed by atoms with Crippen LogP contribution in [0.4, 0.5) is 10.1 Å². The topological polar surface area (TPSA) is 69.4 Å². The Morgan fingerprint density at radius 3 is 2.64 bits per heavy atom. The molecular weight excluding hydrogens is 289 g/mol. The van der Waals surface area contributed by atoms with Crippen molar-refractivity contribution >= 4 is 23.5 Å². The number of halogens is 1. The van der Waals surface area contributed by atoms with Crippen LogP contribution in [0.25, 0.3) is 11.8 Å². The van der Waals surface area contributed by atoms with E-state index in [0.29, 0.717) is 22.4 Å². The Bertz CT molecular complexity index is 842. The van der Waals surface area contributed by atoms with Gasteiger partial charge in [-0.1, -0.05) is 6.07 Å². The largest absolute Gasteiger partial charge is 0.422 e. The average molecular weight is 299 g/mol. The highest BCUT2D eigenvalue weighted by Crippen LogP contribution is 2.34. The molecule has 5 nitrogen and oxygen atoms in total. The number of hydrogen-bond acceptors (Lipinski definition) is 4. The van der Waals surface area contributed by atoms with E-state index in [9.17, 15) is 19.3 Å². The molecule has 0 unspecified atom stereocenters. The maximum absolute atomic E-state index is 13.1. The Kier molecular flexibility index (Phi) is 3.21. The summed E-state index contributed by atoms with van der Waals surface area (Å²) in [6.45, 7) is 1.74. The van der Waals surface area contributed by atoms with Gasteiger partial charge in [0.1, 0.15) is 11.6 Å². The number of rotatable bonds is 2. The third-order valence-corrected chi connectivity index (χ3v) is 3.42. The van der Waals surface area contributed by atoms with Crippen LogP contribution in [0, 0.1) is 22.9 Å². The number of carbonyl (C=O) groups excluding carboxylic acids is 1. The van der Waals surface area contributed by atoms with Crippen LogP contribution in [0.5, 0.6) is 0 Å². The molecule has 0 radical (unpaired) electrons. The van der Waals surface area contributed by atoms with Gasteiger partial charge in [-0.15, -0.1) is 0 Å². The first-order valence-corrected chi connectivity index (χ1v) is 6.44. The van der Waals surface area contributed by atoms with Gasteiger partial charge >= 0.3 is 5.97 Å². The summed E-state index contributed by atoms with van der Waals surface area (Å²) in [5.41, 5.74) is 1.86. The maximum Gasteiger partial charge on any atom is 0.344 e. The predicted molar refractivity (Wildman–Crippen MR) is 77.5 cm³/mol. The van der Waals surface area contributed by atoms with Crippen LogP contribution in [0.2, 0.25) is 0 Å². The third-order valence-electron chi connectivity index (χ3n) is 3.42. The molecule has 0 saturated carbocycles. The zero-order valence-electron chi connectivity index (χ0n) is 11.5. The molecular formula is C16H10FNO4. The number of nitro groups is 1. The molecule has 1 aliphatic heterocycles. The lowest BCUT2D eigenvalue weighted by molar-refractivity contribution is -0.384. The zero-order chi connectivity index (χ0) is 15.9. The number of ether oxygens (including phenoxy) is 1. The monoisotopic (exact) mass is 299 g/mol. The first kappa shape index (κ1) is 13.9. The van der Waals surface area contributed by atoms with Gasteiger partial charge in [0, 0.05) is 17.7 Å². The lowest BCUT2D eigenvalue weighted by atomic mass is 10.0. The molecule has 0 aromatic heterocycles. The second-order valence-electron chi connectivity index (χ2n) is 4.89. The Hall–Kier alpha value is -3.02. The van der Waals surface area contributed by atoms with E-state index in [2.05, 4.69) is 0 Å². The van der Waals surface area contributed by atoms with Gasteiger partial charge in [0.25, 0.3) is 5.69 Å². The van der Waals surface area contributed by atoms with Gasteiger partial charge in [-0.05, 0) is 42.3 Å².